The minimum Gasteiger partial charge on any atom is -0.336 e. The van der Waals surface area contributed by atoms with Gasteiger partial charge in [0.2, 0.25) is 0 Å². The van der Waals surface area contributed by atoms with Crippen molar-refractivity contribution >= 4 is 17.1 Å². The summed E-state index contributed by atoms with van der Waals surface area (Å²) in [6, 6.07) is 0. The average Bonchev–Trinajstić information content (AvgIpc) is 2.59. The molecule has 11 heteroatoms. The molecule has 2 N–H and O–H groups in total. The van der Waals surface area contributed by atoms with Crippen LogP contribution in [0, 0.1) is 21.9 Å². The monoisotopic (exact) mass is 239 g/mol. The highest BCUT2D eigenvalue weighted by Gasteiger charge is 2.17. The van der Waals surface area contributed by atoms with Crippen molar-refractivity contribution in [2.45, 2.75) is 6.92 Å². The van der Waals surface area contributed by atoms with Crippen LogP contribution in [0.15, 0.2) is 10.1 Å². The number of rotatable bonds is 3. The lowest BCUT2D eigenvalue weighted by Crippen LogP contribution is -2.24. The minimum atomic E-state index is -0.963. The summed E-state index contributed by atoms with van der Waals surface area (Å²) in [5.41, 5.74) is 0.651. The van der Waals surface area contributed by atoms with Crippen LogP contribution in [0.4, 0.5) is 5.95 Å². The first-order chi connectivity index (χ1) is 8.02. The lowest BCUT2D eigenvalue weighted by molar-refractivity contribution is -0.446. The molecule has 88 valence electrons. The number of anilines is 1. The van der Waals surface area contributed by atoms with Gasteiger partial charge in [0.15, 0.2) is 16.2 Å². The van der Waals surface area contributed by atoms with Gasteiger partial charge in [-0.05, 0) is 6.92 Å². The number of aryl methyl sites for hydroxylation is 1. The van der Waals surface area contributed by atoms with Crippen LogP contribution in [0.3, 0.4) is 0 Å². The average molecular weight is 239 g/mol. The predicted octanol–water partition coefficient (Wildman–Crippen LogP) is -0.439. The molecule has 0 bridgehead atoms. The topological polar surface area (TPSA) is 148 Å². The number of nitroso groups, excluding NO2 is 1. The summed E-state index contributed by atoms with van der Waals surface area (Å²) < 4.78 is 0.239. The van der Waals surface area contributed by atoms with Crippen LogP contribution in [0.25, 0.3) is 11.2 Å². The molecule has 0 aromatic carbocycles. The van der Waals surface area contributed by atoms with Crippen LogP contribution in [-0.4, -0.2) is 24.7 Å². The summed E-state index contributed by atoms with van der Waals surface area (Å²) in [4.78, 5) is 42.4. The second-order valence-electron chi connectivity index (χ2n) is 3.02. The van der Waals surface area contributed by atoms with E-state index < -0.39 is 16.5 Å². The quantitative estimate of drug-likeness (QED) is 0.419. The van der Waals surface area contributed by atoms with Crippen molar-refractivity contribution in [3.63, 3.8) is 0 Å². The Labute approximate surface area is 91.6 Å². The molecule has 0 spiro atoms. The van der Waals surface area contributed by atoms with Crippen LogP contribution in [-0.2, 0) is 0 Å². The van der Waals surface area contributed by atoms with Gasteiger partial charge in [-0.25, -0.2) is 15.1 Å². The first kappa shape index (κ1) is 10.7. The number of nitrogens with zero attached hydrogens (tertiary/aromatic N) is 5. The van der Waals surface area contributed by atoms with E-state index in [4.69, 9.17) is 0 Å². The van der Waals surface area contributed by atoms with Gasteiger partial charge < -0.3 is 4.98 Å². The van der Waals surface area contributed by atoms with Gasteiger partial charge in [-0.1, -0.05) is 5.43 Å². The molecule has 0 saturated heterocycles. The molecule has 2 rings (SSSR count). The summed E-state index contributed by atoms with van der Waals surface area (Å²) >= 11 is 0. The number of imidazole rings is 1. The fourth-order valence-electron chi connectivity index (χ4n) is 1.29. The van der Waals surface area contributed by atoms with E-state index in [0.717, 1.165) is 0 Å². The molecule has 0 fully saturated rings. The molecule has 2 heterocycles. The third-order valence-corrected chi connectivity index (χ3v) is 1.89. The van der Waals surface area contributed by atoms with E-state index in [2.05, 4.69) is 20.2 Å². The Kier molecular flexibility index (Phi) is 2.27. The number of nitro groups is 1. The number of H-pyrrole nitrogens is 1. The Morgan fingerprint density at radius 1 is 1.53 bits per heavy atom. The maximum absolute atomic E-state index is 11.7. The number of fused-ring (bicyclic) bond motifs is 1. The van der Waals surface area contributed by atoms with E-state index >= 15 is 0 Å². The fraction of sp³-hybridized carbons (Fsp3) is 0.167. The normalized spacial score (nSPS) is 10.4. The maximum Gasteiger partial charge on any atom is 0.304 e. The van der Waals surface area contributed by atoms with Gasteiger partial charge in [-0.15, -0.1) is 9.58 Å². The van der Waals surface area contributed by atoms with Crippen LogP contribution in [0.1, 0.15) is 5.82 Å². The predicted molar refractivity (Wildman–Crippen MR) is 54.7 cm³/mol. The third kappa shape index (κ3) is 1.68. The Balaban J connectivity index is 2.78. The van der Waals surface area contributed by atoms with Crippen LogP contribution in [0.2, 0.25) is 0 Å². The minimum absolute atomic E-state index is 0.0308. The molecule has 0 aliphatic carbocycles. The highest BCUT2D eigenvalue weighted by Crippen LogP contribution is 2.08. The Hall–Kier alpha value is -2.85. The first-order valence-electron chi connectivity index (χ1n) is 4.27. The molecule has 2 aromatic heterocycles. The molecule has 0 radical (unpaired) electrons. The molecule has 0 atom stereocenters. The molecule has 17 heavy (non-hydrogen) atoms. The zero-order valence-corrected chi connectivity index (χ0v) is 8.37. The molecule has 0 aliphatic rings. The van der Waals surface area contributed by atoms with Gasteiger partial charge in [0.25, 0.3) is 5.95 Å². The van der Waals surface area contributed by atoms with Gasteiger partial charge in [-0.3, -0.25) is 4.79 Å². The van der Waals surface area contributed by atoms with Gasteiger partial charge in [0, 0.05) is 0 Å². The molecule has 0 unspecified atom stereocenters. The highest BCUT2D eigenvalue weighted by atomic mass is 16.7. The van der Waals surface area contributed by atoms with E-state index in [1.165, 1.54) is 0 Å². The molecular weight excluding hydrogens is 234 g/mol. The van der Waals surface area contributed by atoms with E-state index in [-0.39, 0.29) is 15.8 Å². The second kappa shape index (κ2) is 3.62. The summed E-state index contributed by atoms with van der Waals surface area (Å²) in [6.45, 7) is 1.57. The van der Waals surface area contributed by atoms with E-state index in [0.29, 0.717) is 5.82 Å². The van der Waals surface area contributed by atoms with Gasteiger partial charge >= 0.3 is 5.56 Å². The van der Waals surface area contributed by atoms with Gasteiger partial charge in [-0.2, -0.15) is 4.98 Å². The number of hydrogen-bond donors (Lipinski definition) is 2. The van der Waals surface area contributed by atoms with Crippen molar-refractivity contribution in [2.75, 3.05) is 5.43 Å². The standard InChI is InChI=1S/C6H5N7O4/c1-2-7-3-4(8-2)9-6(10-13(16)17)12(11-15)5(3)14/h1H3,(H,7,8)(H,9,10). The lowest BCUT2D eigenvalue weighted by Gasteiger charge is -1.99. The summed E-state index contributed by atoms with van der Waals surface area (Å²) in [5, 5.41) is 11.7. The van der Waals surface area contributed by atoms with Crippen LogP contribution < -0.4 is 11.0 Å². The summed E-state index contributed by atoms with van der Waals surface area (Å²) in [5.74, 6) is -0.214. The number of aromatic amines is 1. The third-order valence-electron chi connectivity index (χ3n) is 1.89. The second-order valence-corrected chi connectivity index (χ2v) is 3.02. The van der Waals surface area contributed by atoms with Crippen molar-refractivity contribution < 1.29 is 5.03 Å². The van der Waals surface area contributed by atoms with Crippen molar-refractivity contribution in [3.8, 4) is 0 Å². The smallest absolute Gasteiger partial charge is 0.304 e. The van der Waals surface area contributed by atoms with Crippen molar-refractivity contribution in [1.29, 1.82) is 0 Å². The van der Waals surface area contributed by atoms with Crippen LogP contribution in [0.5, 0.6) is 0 Å². The lowest BCUT2D eigenvalue weighted by atomic mass is 10.5. The van der Waals surface area contributed by atoms with Gasteiger partial charge in [0.1, 0.15) is 5.82 Å². The largest absolute Gasteiger partial charge is 0.336 e. The Morgan fingerprint density at radius 2 is 2.24 bits per heavy atom. The molecule has 11 nitrogen and oxygen atoms in total. The summed E-state index contributed by atoms with van der Waals surface area (Å²) in [7, 11) is 0. The summed E-state index contributed by atoms with van der Waals surface area (Å²) in [6.07, 6.45) is 0. The zero-order chi connectivity index (χ0) is 12.6. The van der Waals surface area contributed by atoms with Crippen molar-refractivity contribution in [1.82, 2.24) is 19.6 Å². The van der Waals surface area contributed by atoms with Crippen molar-refractivity contribution in [2.24, 2.45) is 5.29 Å². The molecule has 0 saturated carbocycles. The van der Waals surface area contributed by atoms with E-state index in [9.17, 15) is 19.8 Å². The number of aromatic nitrogens is 4. The van der Waals surface area contributed by atoms with Crippen LogP contribution >= 0.6 is 0 Å². The molecular formula is C6H5N7O4. The first-order valence-corrected chi connectivity index (χ1v) is 4.27. The van der Waals surface area contributed by atoms with E-state index in [1.54, 1.807) is 12.3 Å². The SMILES string of the molecule is Cc1nc2nc(N[N+](=O)[O-])n(N=O)c(=O)c2[nH]1. The van der Waals surface area contributed by atoms with Gasteiger partial charge in [0.05, 0.1) is 5.29 Å². The Morgan fingerprint density at radius 3 is 2.82 bits per heavy atom. The Bertz CT molecular complexity index is 671. The molecule has 0 aliphatic heterocycles. The maximum atomic E-state index is 11.7. The number of hydrazine groups is 1. The number of nitrogens with one attached hydrogen (secondary N) is 2. The molecule has 2 aromatic rings. The zero-order valence-electron chi connectivity index (χ0n) is 8.37. The van der Waals surface area contributed by atoms with Crippen molar-refractivity contribution in [3.05, 3.63) is 31.2 Å². The van der Waals surface area contributed by atoms with E-state index in [1.807, 2.05) is 0 Å². The molecule has 0 amide bonds. The number of hydrogen-bond acceptors (Lipinski definition) is 7. The fourth-order valence-corrected chi connectivity index (χ4v) is 1.29. The highest BCUT2D eigenvalue weighted by molar-refractivity contribution is 5.70.